The third-order valence-corrected chi connectivity index (χ3v) is 7.93. The first-order chi connectivity index (χ1) is 15.9. The second kappa shape index (κ2) is 12.7. The smallest absolute Gasteiger partial charge is 0.242 e. The first-order valence-electron chi connectivity index (χ1n) is 11.5. The van der Waals surface area contributed by atoms with E-state index < -0.39 is 6.04 Å². The van der Waals surface area contributed by atoms with Gasteiger partial charge in [0.2, 0.25) is 11.8 Å². The van der Waals surface area contributed by atoms with E-state index in [1.54, 1.807) is 41.8 Å². The van der Waals surface area contributed by atoms with E-state index in [1.807, 2.05) is 12.1 Å². The van der Waals surface area contributed by atoms with Gasteiger partial charge in [0.25, 0.3) is 0 Å². The molecule has 0 bridgehead atoms. The van der Waals surface area contributed by atoms with Gasteiger partial charge in [0, 0.05) is 33.9 Å². The fourth-order valence-corrected chi connectivity index (χ4v) is 5.61. The highest BCUT2D eigenvalue weighted by atomic mass is 35.5. The second-order valence-corrected chi connectivity index (χ2v) is 10.5. The van der Waals surface area contributed by atoms with E-state index in [1.165, 1.54) is 17.5 Å². The Balaban J connectivity index is 1.71. The van der Waals surface area contributed by atoms with E-state index in [4.69, 9.17) is 23.2 Å². The monoisotopic (exact) mass is 506 g/mol. The molecule has 7 heteroatoms. The number of carbonyl (C=O) groups excluding carboxylic acids is 2. The number of hydrogen-bond acceptors (Lipinski definition) is 3. The van der Waals surface area contributed by atoms with Crippen molar-refractivity contribution in [3.05, 3.63) is 69.2 Å². The van der Waals surface area contributed by atoms with E-state index in [-0.39, 0.29) is 30.2 Å². The third kappa shape index (κ3) is 7.40. The molecule has 2 amide bonds. The molecule has 2 aromatic rings. The van der Waals surface area contributed by atoms with Crippen LogP contribution in [0.2, 0.25) is 10.0 Å². The van der Waals surface area contributed by atoms with Crippen LogP contribution < -0.4 is 5.32 Å². The van der Waals surface area contributed by atoms with Crippen LogP contribution in [0, 0.1) is 6.92 Å². The maximum atomic E-state index is 13.3. The molecule has 1 saturated carbocycles. The van der Waals surface area contributed by atoms with Crippen molar-refractivity contribution in [2.45, 2.75) is 70.3 Å². The fraction of sp³-hybridized carbons (Fsp3) is 0.462. The largest absolute Gasteiger partial charge is 0.352 e. The summed E-state index contributed by atoms with van der Waals surface area (Å²) in [6, 6.07) is 13.0. The topological polar surface area (TPSA) is 49.4 Å². The highest BCUT2D eigenvalue weighted by molar-refractivity contribution is 7.99. The summed E-state index contributed by atoms with van der Waals surface area (Å²) in [5.41, 5.74) is 3.08. The number of thioether (sulfide) groups is 1. The Hall–Kier alpha value is -1.69. The molecule has 1 N–H and O–H groups in total. The Bertz CT molecular complexity index is 943. The van der Waals surface area contributed by atoms with E-state index >= 15 is 0 Å². The summed E-state index contributed by atoms with van der Waals surface area (Å²) in [5, 5.41) is 4.14. The van der Waals surface area contributed by atoms with Gasteiger partial charge in [0.05, 0.1) is 5.75 Å². The van der Waals surface area contributed by atoms with E-state index in [0.717, 1.165) is 31.4 Å². The number of halogens is 2. The van der Waals surface area contributed by atoms with Crippen LogP contribution in [-0.2, 0) is 21.9 Å². The highest BCUT2D eigenvalue weighted by Crippen LogP contribution is 2.27. The van der Waals surface area contributed by atoms with Gasteiger partial charge < -0.3 is 10.2 Å². The van der Waals surface area contributed by atoms with Crippen molar-refractivity contribution in [2.24, 2.45) is 0 Å². The fourth-order valence-electron chi connectivity index (χ4n) is 4.11. The summed E-state index contributed by atoms with van der Waals surface area (Å²) >= 11 is 14.3. The lowest BCUT2D eigenvalue weighted by Gasteiger charge is -2.31. The number of hydrogen-bond donors (Lipinski definition) is 1. The molecule has 178 valence electrons. The predicted molar refractivity (Wildman–Crippen MR) is 139 cm³/mol. The molecule has 4 nitrogen and oxygen atoms in total. The normalized spacial score (nSPS) is 15.2. The molecule has 1 atom stereocenters. The molecule has 0 aromatic heterocycles. The van der Waals surface area contributed by atoms with Gasteiger partial charge in [-0.05, 0) is 49.9 Å². The maximum absolute atomic E-state index is 13.3. The minimum absolute atomic E-state index is 0.101. The molecule has 3 rings (SSSR count). The number of benzene rings is 2. The number of amides is 2. The minimum Gasteiger partial charge on any atom is -0.352 e. The molecular weight excluding hydrogens is 475 g/mol. The second-order valence-electron chi connectivity index (χ2n) is 8.66. The molecule has 0 heterocycles. The molecule has 0 spiro atoms. The lowest BCUT2D eigenvalue weighted by atomic mass is 9.95. The number of nitrogens with zero attached hydrogens (tertiary/aromatic N) is 1. The molecule has 0 radical (unpaired) electrons. The van der Waals surface area contributed by atoms with Crippen LogP contribution in [0.15, 0.2) is 42.5 Å². The molecule has 0 saturated heterocycles. The summed E-state index contributed by atoms with van der Waals surface area (Å²) < 4.78 is 0. The number of carbonyl (C=O) groups is 2. The van der Waals surface area contributed by atoms with E-state index in [2.05, 4.69) is 24.4 Å². The molecule has 1 aliphatic rings. The van der Waals surface area contributed by atoms with Gasteiger partial charge in [-0.2, -0.15) is 0 Å². The Morgan fingerprint density at radius 1 is 1.06 bits per heavy atom. The summed E-state index contributed by atoms with van der Waals surface area (Å²) in [7, 11) is 0. The first-order valence-corrected chi connectivity index (χ1v) is 13.4. The van der Waals surface area contributed by atoms with Crippen LogP contribution in [0.5, 0.6) is 0 Å². The molecule has 0 aliphatic heterocycles. The van der Waals surface area contributed by atoms with Crippen molar-refractivity contribution >= 4 is 46.8 Å². The van der Waals surface area contributed by atoms with E-state index in [9.17, 15) is 9.59 Å². The Kier molecular flexibility index (Phi) is 9.96. The van der Waals surface area contributed by atoms with Crippen LogP contribution in [0.4, 0.5) is 0 Å². The van der Waals surface area contributed by atoms with Gasteiger partial charge in [0.15, 0.2) is 0 Å². The number of nitrogens with one attached hydrogen (secondary N) is 1. The molecule has 1 fully saturated rings. The zero-order valence-corrected chi connectivity index (χ0v) is 21.6. The standard InChI is InChI=1S/C26H32Cl2N2O2S/c1-18-9-6-7-10-20(18)16-33-17-25(31)30(15-22-23(27)13-8-14-24(22)28)19(2)26(32)29-21-11-4-3-5-12-21/h6-10,13-14,19,21H,3-5,11-12,15-17H2,1-2H3,(H,29,32)/t19-/m0/s1. The van der Waals surface area contributed by atoms with Crippen LogP contribution in [0.3, 0.4) is 0 Å². The van der Waals surface area contributed by atoms with Gasteiger partial charge in [-0.25, -0.2) is 0 Å². The van der Waals surface area contributed by atoms with E-state index in [0.29, 0.717) is 15.6 Å². The minimum atomic E-state index is -0.620. The average Bonchev–Trinajstić information content (AvgIpc) is 2.80. The van der Waals surface area contributed by atoms with Crippen molar-refractivity contribution < 1.29 is 9.59 Å². The summed E-state index contributed by atoms with van der Waals surface area (Å²) in [4.78, 5) is 28.0. The van der Waals surface area contributed by atoms with Crippen molar-refractivity contribution in [3.8, 4) is 0 Å². The zero-order chi connectivity index (χ0) is 23.8. The SMILES string of the molecule is Cc1ccccc1CSCC(=O)N(Cc1c(Cl)cccc1Cl)[C@@H](C)C(=O)NC1CCCCC1. The third-order valence-electron chi connectivity index (χ3n) is 6.25. The van der Waals surface area contributed by atoms with Gasteiger partial charge >= 0.3 is 0 Å². The van der Waals surface area contributed by atoms with Crippen molar-refractivity contribution in [3.63, 3.8) is 0 Å². The van der Waals surface area contributed by atoms with Crippen molar-refractivity contribution in [1.29, 1.82) is 0 Å². The van der Waals surface area contributed by atoms with Crippen LogP contribution in [-0.4, -0.2) is 34.6 Å². The van der Waals surface area contributed by atoms with Crippen LogP contribution >= 0.6 is 35.0 Å². The molecule has 33 heavy (non-hydrogen) atoms. The van der Waals surface area contributed by atoms with Gasteiger partial charge in [-0.1, -0.05) is 72.8 Å². The molecular formula is C26H32Cl2N2O2S. The predicted octanol–water partition coefficient (Wildman–Crippen LogP) is 6.40. The van der Waals surface area contributed by atoms with Crippen LogP contribution in [0.1, 0.15) is 55.7 Å². The molecule has 1 aliphatic carbocycles. The highest BCUT2D eigenvalue weighted by Gasteiger charge is 2.29. The van der Waals surface area contributed by atoms with Crippen molar-refractivity contribution in [2.75, 3.05) is 5.75 Å². The number of rotatable bonds is 9. The molecule has 0 unspecified atom stereocenters. The Morgan fingerprint density at radius 2 is 1.73 bits per heavy atom. The average molecular weight is 508 g/mol. The zero-order valence-electron chi connectivity index (χ0n) is 19.3. The summed E-state index contributed by atoms with van der Waals surface area (Å²) in [6.45, 7) is 4.05. The Morgan fingerprint density at radius 3 is 2.39 bits per heavy atom. The maximum Gasteiger partial charge on any atom is 0.242 e. The van der Waals surface area contributed by atoms with Crippen LogP contribution in [0.25, 0.3) is 0 Å². The van der Waals surface area contributed by atoms with Gasteiger partial charge in [0.1, 0.15) is 6.04 Å². The van der Waals surface area contributed by atoms with Gasteiger partial charge in [-0.3, -0.25) is 9.59 Å². The lowest BCUT2D eigenvalue weighted by molar-refractivity contribution is -0.139. The van der Waals surface area contributed by atoms with Gasteiger partial charge in [-0.15, -0.1) is 11.8 Å². The Labute approximate surface area is 211 Å². The van der Waals surface area contributed by atoms with Crippen molar-refractivity contribution in [1.82, 2.24) is 10.2 Å². The quantitative estimate of drug-likeness (QED) is 0.427. The lowest BCUT2D eigenvalue weighted by Crippen LogP contribution is -2.50. The summed E-state index contributed by atoms with van der Waals surface area (Å²) in [5.74, 6) is 0.789. The molecule has 2 aromatic carbocycles. The summed E-state index contributed by atoms with van der Waals surface area (Å²) in [6.07, 6.45) is 5.47. The first kappa shape index (κ1) is 25.9. The number of aryl methyl sites for hydroxylation is 1.